The number of piperidine rings is 1. The van der Waals surface area contributed by atoms with Crippen molar-refractivity contribution in [3.8, 4) is 0 Å². The van der Waals surface area contributed by atoms with E-state index in [-0.39, 0.29) is 6.10 Å². The molecule has 3 heteroatoms. The number of aryl methyl sites for hydroxylation is 1. The number of anilines is 1. The maximum Gasteiger partial charge on any atom is 0.0579 e. The van der Waals surface area contributed by atoms with Crippen molar-refractivity contribution in [3.63, 3.8) is 0 Å². The van der Waals surface area contributed by atoms with Crippen molar-refractivity contribution in [2.24, 2.45) is 0 Å². The van der Waals surface area contributed by atoms with Crippen LogP contribution in [0.3, 0.4) is 0 Å². The van der Waals surface area contributed by atoms with Gasteiger partial charge in [-0.1, -0.05) is 26.0 Å². The zero-order valence-electron chi connectivity index (χ0n) is 13.5. The second-order valence-electron chi connectivity index (χ2n) is 7.07. The van der Waals surface area contributed by atoms with Gasteiger partial charge in [0.2, 0.25) is 0 Å². The van der Waals surface area contributed by atoms with Crippen molar-refractivity contribution < 1.29 is 5.11 Å². The molecule has 2 N–H and O–H groups in total. The van der Waals surface area contributed by atoms with Gasteiger partial charge in [-0.2, -0.15) is 0 Å². The lowest BCUT2D eigenvalue weighted by molar-refractivity contribution is 0.126. The molecule has 0 aliphatic carbocycles. The summed E-state index contributed by atoms with van der Waals surface area (Å²) in [5.41, 5.74) is 4.10. The Morgan fingerprint density at radius 3 is 2.48 bits per heavy atom. The highest BCUT2D eigenvalue weighted by atomic mass is 16.3. The van der Waals surface area contributed by atoms with E-state index in [1.807, 2.05) is 0 Å². The summed E-state index contributed by atoms with van der Waals surface area (Å²) in [6.45, 7) is 7.51. The van der Waals surface area contributed by atoms with Crippen molar-refractivity contribution in [2.45, 2.75) is 77.2 Å². The largest absolute Gasteiger partial charge is 0.393 e. The molecule has 2 heterocycles. The quantitative estimate of drug-likeness (QED) is 0.894. The van der Waals surface area contributed by atoms with E-state index in [0.717, 1.165) is 19.4 Å². The smallest absolute Gasteiger partial charge is 0.0579 e. The van der Waals surface area contributed by atoms with Gasteiger partial charge >= 0.3 is 0 Å². The van der Waals surface area contributed by atoms with Crippen LogP contribution in [0.2, 0.25) is 0 Å². The fourth-order valence-corrected chi connectivity index (χ4v) is 3.98. The van der Waals surface area contributed by atoms with Crippen LogP contribution in [0.5, 0.6) is 0 Å². The molecule has 116 valence electrons. The molecule has 2 atom stereocenters. The van der Waals surface area contributed by atoms with Crippen LogP contribution in [0.15, 0.2) is 18.2 Å². The number of fused-ring (bicyclic) bond motifs is 2. The minimum atomic E-state index is -0.0893. The first kappa shape index (κ1) is 14.9. The zero-order valence-corrected chi connectivity index (χ0v) is 13.5. The number of nitrogens with zero attached hydrogens (tertiary/aromatic N) is 1. The summed E-state index contributed by atoms with van der Waals surface area (Å²) >= 11 is 0. The summed E-state index contributed by atoms with van der Waals surface area (Å²) in [5.74, 6) is 0. The van der Waals surface area contributed by atoms with E-state index in [4.69, 9.17) is 0 Å². The topological polar surface area (TPSA) is 35.5 Å². The van der Waals surface area contributed by atoms with Gasteiger partial charge in [-0.05, 0) is 49.8 Å². The molecular formula is C18H28N2O. The third kappa shape index (κ3) is 3.09. The lowest BCUT2D eigenvalue weighted by Crippen LogP contribution is -2.45. The molecule has 2 bridgehead atoms. The van der Waals surface area contributed by atoms with E-state index in [9.17, 15) is 5.11 Å². The van der Waals surface area contributed by atoms with Gasteiger partial charge in [0.15, 0.2) is 0 Å². The van der Waals surface area contributed by atoms with E-state index in [2.05, 4.69) is 49.2 Å². The first-order valence-corrected chi connectivity index (χ1v) is 8.34. The second-order valence-corrected chi connectivity index (χ2v) is 7.07. The Morgan fingerprint density at radius 2 is 1.90 bits per heavy atom. The molecule has 2 unspecified atom stereocenters. The lowest BCUT2D eigenvalue weighted by Gasteiger charge is -2.40. The molecule has 2 aliphatic rings. The summed E-state index contributed by atoms with van der Waals surface area (Å²) < 4.78 is 0. The highest BCUT2D eigenvalue weighted by Gasteiger charge is 2.40. The van der Waals surface area contributed by atoms with Gasteiger partial charge in [-0.3, -0.25) is 0 Å². The number of hydrogen-bond acceptors (Lipinski definition) is 3. The Bertz CT molecular complexity index is 486. The molecule has 2 fully saturated rings. The minimum Gasteiger partial charge on any atom is -0.393 e. The van der Waals surface area contributed by atoms with Gasteiger partial charge in [0.25, 0.3) is 0 Å². The summed E-state index contributed by atoms with van der Waals surface area (Å²) in [6, 6.07) is 8.45. The zero-order chi connectivity index (χ0) is 15.0. The summed E-state index contributed by atoms with van der Waals surface area (Å²) in [5, 5.41) is 13.4. The monoisotopic (exact) mass is 288 g/mol. The van der Waals surface area contributed by atoms with Crippen LogP contribution < -0.4 is 10.2 Å². The summed E-state index contributed by atoms with van der Waals surface area (Å²) in [7, 11) is 0. The van der Waals surface area contributed by atoms with E-state index >= 15 is 0 Å². The Kier molecular flexibility index (Phi) is 4.23. The normalized spacial score (nSPS) is 28.4. The Hall–Kier alpha value is -1.06. The Morgan fingerprint density at radius 1 is 1.24 bits per heavy atom. The molecule has 0 saturated carbocycles. The van der Waals surface area contributed by atoms with Crippen LogP contribution in [-0.4, -0.2) is 29.3 Å². The summed E-state index contributed by atoms with van der Waals surface area (Å²) in [4.78, 5) is 2.59. The van der Waals surface area contributed by atoms with Crippen LogP contribution >= 0.6 is 0 Å². The molecule has 0 amide bonds. The van der Waals surface area contributed by atoms with Crippen molar-refractivity contribution in [1.29, 1.82) is 0 Å². The maximum atomic E-state index is 9.96. The van der Waals surface area contributed by atoms with Gasteiger partial charge in [-0.15, -0.1) is 0 Å². The SMILES string of the molecule is Cc1cc(CNC(C)C)ccc1N1C2CCC1CC(O)C2. The third-order valence-corrected chi connectivity index (χ3v) is 4.96. The van der Waals surface area contributed by atoms with Crippen molar-refractivity contribution in [2.75, 3.05) is 4.90 Å². The number of aliphatic hydroxyl groups excluding tert-OH is 1. The van der Waals surface area contributed by atoms with Gasteiger partial charge in [0, 0.05) is 30.4 Å². The highest BCUT2D eigenvalue weighted by Crippen LogP contribution is 2.40. The fourth-order valence-electron chi connectivity index (χ4n) is 3.98. The predicted octanol–water partition coefficient (Wildman–Crippen LogP) is 2.99. The molecule has 3 rings (SSSR count). The molecule has 0 radical (unpaired) electrons. The first-order valence-electron chi connectivity index (χ1n) is 8.34. The first-order chi connectivity index (χ1) is 10.0. The van der Waals surface area contributed by atoms with Crippen LogP contribution in [0.4, 0.5) is 5.69 Å². The molecule has 0 aromatic heterocycles. The molecule has 1 aromatic rings. The van der Waals surface area contributed by atoms with Gasteiger partial charge in [0.1, 0.15) is 0 Å². The molecule has 3 nitrogen and oxygen atoms in total. The van der Waals surface area contributed by atoms with Crippen molar-refractivity contribution in [1.82, 2.24) is 5.32 Å². The van der Waals surface area contributed by atoms with Crippen LogP contribution in [-0.2, 0) is 6.54 Å². The molecule has 2 saturated heterocycles. The van der Waals surface area contributed by atoms with Gasteiger partial charge in [-0.25, -0.2) is 0 Å². The third-order valence-electron chi connectivity index (χ3n) is 4.96. The Balaban J connectivity index is 1.77. The number of hydrogen-bond donors (Lipinski definition) is 2. The molecular weight excluding hydrogens is 260 g/mol. The van der Waals surface area contributed by atoms with E-state index < -0.39 is 0 Å². The second kappa shape index (κ2) is 5.98. The van der Waals surface area contributed by atoms with Crippen LogP contribution in [0, 0.1) is 6.92 Å². The fraction of sp³-hybridized carbons (Fsp3) is 0.667. The van der Waals surface area contributed by atoms with E-state index in [1.54, 1.807) is 0 Å². The predicted molar refractivity (Wildman–Crippen MR) is 87.7 cm³/mol. The minimum absolute atomic E-state index is 0.0893. The number of aliphatic hydroxyl groups is 1. The molecule has 0 spiro atoms. The van der Waals surface area contributed by atoms with Crippen LogP contribution in [0.25, 0.3) is 0 Å². The van der Waals surface area contributed by atoms with Crippen molar-refractivity contribution >= 4 is 5.69 Å². The highest BCUT2D eigenvalue weighted by molar-refractivity contribution is 5.57. The lowest BCUT2D eigenvalue weighted by atomic mass is 9.97. The van der Waals surface area contributed by atoms with Crippen molar-refractivity contribution in [3.05, 3.63) is 29.3 Å². The van der Waals surface area contributed by atoms with Crippen LogP contribution in [0.1, 0.15) is 50.7 Å². The molecule has 21 heavy (non-hydrogen) atoms. The number of benzene rings is 1. The standard InChI is InChI=1S/C18H28N2O/c1-12(2)19-11-14-4-7-18(13(3)8-14)20-15-5-6-16(20)10-17(21)9-15/h4,7-8,12,15-17,19,21H,5-6,9-11H2,1-3H3. The summed E-state index contributed by atoms with van der Waals surface area (Å²) in [6.07, 6.45) is 4.25. The molecule has 2 aliphatic heterocycles. The van der Waals surface area contributed by atoms with Gasteiger partial charge in [0.05, 0.1) is 6.10 Å². The van der Waals surface area contributed by atoms with E-state index in [1.165, 1.54) is 29.7 Å². The number of nitrogens with one attached hydrogen (secondary N) is 1. The number of rotatable bonds is 4. The average Bonchev–Trinajstić information content (AvgIpc) is 2.68. The maximum absolute atomic E-state index is 9.96. The Labute approximate surface area is 128 Å². The average molecular weight is 288 g/mol. The van der Waals surface area contributed by atoms with Gasteiger partial charge < -0.3 is 15.3 Å². The molecule has 1 aromatic carbocycles. The van der Waals surface area contributed by atoms with E-state index in [0.29, 0.717) is 18.1 Å².